The quantitative estimate of drug-likeness (QED) is 0.622. The van der Waals surface area contributed by atoms with Crippen molar-refractivity contribution >= 4 is 5.91 Å². The van der Waals surface area contributed by atoms with E-state index in [0.717, 1.165) is 5.56 Å². The summed E-state index contributed by atoms with van der Waals surface area (Å²) in [4.78, 5) is 11.2. The Morgan fingerprint density at radius 3 is 3.00 bits per heavy atom. The Balaban J connectivity index is 2.60. The molecule has 1 aromatic carbocycles. The highest BCUT2D eigenvalue weighted by Crippen LogP contribution is 2.24. The second kappa shape index (κ2) is 2.30. The van der Waals surface area contributed by atoms with Gasteiger partial charge in [-0.1, -0.05) is 0 Å². The van der Waals surface area contributed by atoms with Gasteiger partial charge in [-0.25, -0.2) is 4.39 Å². The van der Waals surface area contributed by atoms with Crippen molar-refractivity contribution in [1.82, 2.24) is 5.32 Å². The van der Waals surface area contributed by atoms with Crippen molar-refractivity contribution in [3.63, 3.8) is 0 Å². The third-order valence-electron chi connectivity index (χ3n) is 2.07. The van der Waals surface area contributed by atoms with Gasteiger partial charge in [0.2, 0.25) is 0 Å². The average molecular weight is 165 g/mol. The van der Waals surface area contributed by atoms with Crippen LogP contribution in [0.25, 0.3) is 0 Å². The normalized spacial score (nSPS) is 20.5. The lowest BCUT2D eigenvalue weighted by molar-refractivity contribution is 0.0958. The molecule has 0 radical (unpaired) electrons. The molecule has 0 fully saturated rings. The Morgan fingerprint density at radius 1 is 1.50 bits per heavy atom. The molecule has 0 saturated heterocycles. The third-order valence-corrected chi connectivity index (χ3v) is 2.07. The van der Waals surface area contributed by atoms with E-state index in [-0.39, 0.29) is 17.8 Å². The highest BCUT2D eigenvalue weighted by Gasteiger charge is 2.24. The maximum Gasteiger partial charge on any atom is 0.252 e. The third kappa shape index (κ3) is 0.897. The van der Waals surface area contributed by atoms with Gasteiger partial charge in [0.25, 0.3) is 5.91 Å². The second-order valence-electron chi connectivity index (χ2n) is 2.93. The van der Waals surface area contributed by atoms with Gasteiger partial charge in [0.15, 0.2) is 0 Å². The zero-order chi connectivity index (χ0) is 8.72. The number of halogens is 1. The summed E-state index contributed by atoms with van der Waals surface area (Å²) in [7, 11) is 0. The van der Waals surface area contributed by atoms with Crippen molar-refractivity contribution in [3.8, 4) is 0 Å². The lowest BCUT2D eigenvalue weighted by atomic mass is 10.1. The summed E-state index contributed by atoms with van der Waals surface area (Å²) in [5.41, 5.74) is 1.34. The zero-order valence-electron chi connectivity index (χ0n) is 6.60. The van der Waals surface area contributed by atoms with Crippen LogP contribution in [0.2, 0.25) is 0 Å². The highest BCUT2D eigenvalue weighted by atomic mass is 19.1. The molecule has 3 heteroatoms. The molecule has 0 aliphatic carbocycles. The summed E-state index contributed by atoms with van der Waals surface area (Å²) in [6, 6.07) is 4.15. The molecule has 1 N–H and O–H groups in total. The Labute approximate surface area is 69.4 Å². The summed E-state index contributed by atoms with van der Waals surface area (Å²) < 4.78 is 12.7. The van der Waals surface area contributed by atoms with Crippen LogP contribution >= 0.6 is 0 Å². The molecule has 0 aromatic heterocycles. The van der Waals surface area contributed by atoms with Crippen LogP contribution in [-0.2, 0) is 0 Å². The second-order valence-corrected chi connectivity index (χ2v) is 2.93. The van der Waals surface area contributed by atoms with Crippen molar-refractivity contribution in [3.05, 3.63) is 35.1 Å². The van der Waals surface area contributed by atoms with Crippen LogP contribution in [0.15, 0.2) is 18.2 Å². The maximum absolute atomic E-state index is 12.7. The van der Waals surface area contributed by atoms with E-state index >= 15 is 0 Å². The topological polar surface area (TPSA) is 29.1 Å². The maximum atomic E-state index is 12.7. The first-order chi connectivity index (χ1) is 5.68. The number of hydrogen-bond acceptors (Lipinski definition) is 1. The lowest BCUT2D eigenvalue weighted by Gasteiger charge is -2.01. The first-order valence-corrected chi connectivity index (χ1v) is 3.79. The van der Waals surface area contributed by atoms with E-state index in [1.165, 1.54) is 18.2 Å². The van der Waals surface area contributed by atoms with Crippen molar-refractivity contribution in [2.24, 2.45) is 0 Å². The van der Waals surface area contributed by atoms with E-state index in [4.69, 9.17) is 0 Å². The summed E-state index contributed by atoms with van der Waals surface area (Å²) in [6.07, 6.45) is 0. The van der Waals surface area contributed by atoms with Crippen LogP contribution in [0.4, 0.5) is 4.39 Å². The monoisotopic (exact) mass is 165 g/mol. The summed E-state index contributed by atoms with van der Waals surface area (Å²) in [6.45, 7) is 1.84. The van der Waals surface area contributed by atoms with Crippen molar-refractivity contribution in [2.45, 2.75) is 13.0 Å². The molecule has 0 bridgehead atoms. The molecule has 12 heavy (non-hydrogen) atoms. The molecule has 1 amide bonds. The predicted octanol–water partition coefficient (Wildman–Crippen LogP) is 1.63. The predicted molar refractivity (Wildman–Crippen MR) is 42.3 cm³/mol. The lowest BCUT2D eigenvalue weighted by Crippen LogP contribution is -2.16. The van der Waals surface area contributed by atoms with Crippen LogP contribution in [0.1, 0.15) is 28.9 Å². The number of hydrogen-bond donors (Lipinski definition) is 1. The van der Waals surface area contributed by atoms with Crippen molar-refractivity contribution in [1.29, 1.82) is 0 Å². The molecule has 2 nitrogen and oxygen atoms in total. The first-order valence-electron chi connectivity index (χ1n) is 3.79. The fourth-order valence-corrected chi connectivity index (χ4v) is 1.45. The SMILES string of the molecule is CC1NC(=O)c2ccc(F)cc21. The van der Waals surface area contributed by atoms with Gasteiger partial charge >= 0.3 is 0 Å². The van der Waals surface area contributed by atoms with Gasteiger partial charge in [0, 0.05) is 5.56 Å². The van der Waals surface area contributed by atoms with E-state index in [1.54, 1.807) is 0 Å². The number of nitrogens with one attached hydrogen (secondary N) is 1. The van der Waals surface area contributed by atoms with E-state index < -0.39 is 0 Å². The summed E-state index contributed by atoms with van der Waals surface area (Å²) >= 11 is 0. The minimum atomic E-state index is -0.294. The smallest absolute Gasteiger partial charge is 0.252 e. The fraction of sp³-hybridized carbons (Fsp3) is 0.222. The standard InChI is InChI=1S/C9H8FNO/c1-5-8-4-6(10)2-3-7(8)9(12)11-5/h2-5H,1H3,(H,11,12). The number of rotatable bonds is 0. The Morgan fingerprint density at radius 2 is 2.25 bits per heavy atom. The largest absolute Gasteiger partial charge is 0.345 e. The van der Waals surface area contributed by atoms with Crippen LogP contribution in [-0.4, -0.2) is 5.91 Å². The van der Waals surface area contributed by atoms with Gasteiger partial charge in [-0.2, -0.15) is 0 Å². The molecule has 1 unspecified atom stereocenters. The molecule has 62 valence electrons. The molecular formula is C9H8FNO. The van der Waals surface area contributed by atoms with E-state index in [0.29, 0.717) is 5.56 Å². The van der Waals surface area contributed by atoms with Gasteiger partial charge in [-0.3, -0.25) is 4.79 Å². The Bertz CT molecular complexity index is 348. The van der Waals surface area contributed by atoms with Crippen LogP contribution in [0, 0.1) is 5.82 Å². The van der Waals surface area contributed by atoms with Gasteiger partial charge in [0.05, 0.1) is 6.04 Å². The average Bonchev–Trinajstić information content (AvgIpc) is 2.28. The van der Waals surface area contributed by atoms with Crippen LogP contribution < -0.4 is 5.32 Å². The van der Waals surface area contributed by atoms with Gasteiger partial charge in [-0.15, -0.1) is 0 Å². The summed E-state index contributed by atoms with van der Waals surface area (Å²) in [5.74, 6) is -0.408. The molecule has 0 spiro atoms. The Hall–Kier alpha value is -1.38. The molecule has 1 aliphatic heterocycles. The molecule has 1 aliphatic rings. The summed E-state index contributed by atoms with van der Waals surface area (Å²) in [5, 5.41) is 2.70. The fourth-order valence-electron chi connectivity index (χ4n) is 1.45. The van der Waals surface area contributed by atoms with Gasteiger partial charge in [-0.05, 0) is 30.7 Å². The van der Waals surface area contributed by atoms with Crippen LogP contribution in [0.5, 0.6) is 0 Å². The van der Waals surface area contributed by atoms with E-state index in [1.807, 2.05) is 6.92 Å². The molecule has 1 aromatic rings. The minimum Gasteiger partial charge on any atom is -0.345 e. The molecule has 1 heterocycles. The molecule has 0 saturated carbocycles. The minimum absolute atomic E-state index is 0.0665. The zero-order valence-corrected chi connectivity index (χ0v) is 6.60. The van der Waals surface area contributed by atoms with Gasteiger partial charge < -0.3 is 5.32 Å². The van der Waals surface area contributed by atoms with E-state index in [2.05, 4.69) is 5.32 Å². The molecule has 1 atom stereocenters. The number of carbonyl (C=O) groups excluding carboxylic acids is 1. The van der Waals surface area contributed by atoms with Gasteiger partial charge in [0.1, 0.15) is 5.82 Å². The van der Waals surface area contributed by atoms with Crippen molar-refractivity contribution in [2.75, 3.05) is 0 Å². The van der Waals surface area contributed by atoms with Crippen molar-refractivity contribution < 1.29 is 9.18 Å². The molecule has 2 rings (SSSR count). The number of fused-ring (bicyclic) bond motifs is 1. The van der Waals surface area contributed by atoms with E-state index in [9.17, 15) is 9.18 Å². The number of amides is 1. The number of benzene rings is 1. The highest BCUT2D eigenvalue weighted by molar-refractivity contribution is 5.99. The first kappa shape index (κ1) is 7.28. The number of carbonyl (C=O) groups is 1. The molecular weight excluding hydrogens is 157 g/mol. The Kier molecular flexibility index (Phi) is 1.40. The van der Waals surface area contributed by atoms with Crippen LogP contribution in [0.3, 0.4) is 0 Å².